The fraction of sp³-hybridized carbons (Fsp3) is 0.439. The molecule has 13 heteroatoms. The first-order valence-corrected chi connectivity index (χ1v) is 19.0. The molecule has 0 radical (unpaired) electrons. The van der Waals surface area contributed by atoms with Gasteiger partial charge in [-0.1, -0.05) is 20.4 Å². The number of amides is 2. The van der Waals surface area contributed by atoms with Crippen molar-refractivity contribution in [2.24, 2.45) is 5.41 Å². The third-order valence-corrected chi connectivity index (χ3v) is 11.4. The lowest BCUT2D eigenvalue weighted by atomic mass is 9.90. The Labute approximate surface area is 316 Å². The lowest BCUT2D eigenvalue weighted by Gasteiger charge is -2.45. The molecular formula is C41H49N9O4. The van der Waals surface area contributed by atoms with E-state index >= 15 is 0 Å². The van der Waals surface area contributed by atoms with E-state index in [2.05, 4.69) is 62.3 Å². The SMILES string of the molecule is C=CC(=O)Nc1cc(Nc2ccnc(-c3ccnc(N4CCn5c(cc6c5CC(C)(C)C6)C4=O)c3CO)n2)ccc1N1CCN(C2CCOCC2)C[C@@H]1C. The number of rotatable bonds is 9. The number of carbonyl (C=O) groups excluding carboxylic acids is 2. The van der Waals surface area contributed by atoms with Gasteiger partial charge in [-0.3, -0.25) is 19.4 Å². The Kier molecular flexibility index (Phi) is 9.71. The average molecular weight is 732 g/mol. The number of hydrogen-bond acceptors (Lipinski definition) is 10. The molecule has 8 rings (SSSR count). The lowest BCUT2D eigenvalue weighted by Crippen LogP contribution is -2.56. The zero-order valence-corrected chi connectivity index (χ0v) is 31.3. The summed E-state index contributed by atoms with van der Waals surface area (Å²) in [5.41, 5.74) is 6.80. The monoisotopic (exact) mass is 731 g/mol. The van der Waals surface area contributed by atoms with Crippen molar-refractivity contribution in [3.05, 3.63) is 84.0 Å². The highest BCUT2D eigenvalue weighted by Crippen LogP contribution is 2.40. The van der Waals surface area contributed by atoms with Crippen LogP contribution < -0.4 is 20.4 Å². The molecule has 3 N–H and O–H groups in total. The van der Waals surface area contributed by atoms with Crippen LogP contribution in [0, 0.1) is 5.41 Å². The first-order valence-electron chi connectivity index (χ1n) is 19.0. The van der Waals surface area contributed by atoms with Crippen LogP contribution in [0.5, 0.6) is 0 Å². The summed E-state index contributed by atoms with van der Waals surface area (Å²) in [4.78, 5) is 47.1. The van der Waals surface area contributed by atoms with Gasteiger partial charge in [0.05, 0.1) is 18.0 Å². The highest BCUT2D eigenvalue weighted by atomic mass is 16.5. The number of nitrogens with one attached hydrogen (secondary N) is 2. The van der Waals surface area contributed by atoms with Crippen LogP contribution in [0.3, 0.4) is 0 Å². The zero-order valence-electron chi connectivity index (χ0n) is 31.3. The molecule has 4 aliphatic rings. The van der Waals surface area contributed by atoms with Crippen LogP contribution in [-0.4, -0.2) is 92.8 Å². The van der Waals surface area contributed by atoms with Gasteiger partial charge >= 0.3 is 0 Å². The lowest BCUT2D eigenvalue weighted by molar-refractivity contribution is -0.111. The topological polar surface area (TPSA) is 141 Å². The van der Waals surface area contributed by atoms with Crippen molar-refractivity contribution in [1.82, 2.24) is 24.4 Å². The van der Waals surface area contributed by atoms with Gasteiger partial charge in [0.2, 0.25) is 5.91 Å². The summed E-state index contributed by atoms with van der Waals surface area (Å²) >= 11 is 0. The van der Waals surface area contributed by atoms with Crippen LogP contribution in [0.1, 0.15) is 60.9 Å². The molecule has 1 aromatic carbocycles. The van der Waals surface area contributed by atoms with Gasteiger partial charge in [-0.05, 0) is 86.1 Å². The molecule has 2 amide bonds. The maximum absolute atomic E-state index is 13.9. The molecule has 2 fully saturated rings. The van der Waals surface area contributed by atoms with Crippen molar-refractivity contribution in [2.75, 3.05) is 59.8 Å². The summed E-state index contributed by atoms with van der Waals surface area (Å²) in [7, 11) is 0. The van der Waals surface area contributed by atoms with Crippen molar-refractivity contribution < 1.29 is 19.4 Å². The van der Waals surface area contributed by atoms with E-state index in [0.29, 0.717) is 59.1 Å². The van der Waals surface area contributed by atoms with E-state index in [4.69, 9.17) is 9.72 Å². The van der Waals surface area contributed by atoms with Crippen LogP contribution >= 0.6 is 0 Å². The van der Waals surface area contributed by atoms with Crippen LogP contribution in [0.4, 0.5) is 28.7 Å². The molecule has 54 heavy (non-hydrogen) atoms. The average Bonchev–Trinajstić information content (AvgIpc) is 3.67. The fourth-order valence-electron chi connectivity index (χ4n) is 8.77. The predicted molar refractivity (Wildman–Crippen MR) is 209 cm³/mol. The van der Waals surface area contributed by atoms with Gasteiger partial charge in [-0.2, -0.15) is 0 Å². The number of aliphatic hydroxyl groups excluding tert-OH is 1. The second kappa shape index (κ2) is 14.6. The Hall–Kier alpha value is -5.11. The summed E-state index contributed by atoms with van der Waals surface area (Å²) in [6, 6.07) is 12.3. The number of aromatic nitrogens is 4. The van der Waals surface area contributed by atoms with Gasteiger partial charge in [-0.25, -0.2) is 15.0 Å². The second-order valence-corrected chi connectivity index (χ2v) is 15.6. The minimum atomic E-state index is -0.343. The van der Waals surface area contributed by atoms with E-state index in [0.717, 1.165) is 69.9 Å². The number of benzene rings is 1. The van der Waals surface area contributed by atoms with Gasteiger partial charge in [0.15, 0.2) is 5.82 Å². The molecule has 6 heterocycles. The van der Waals surface area contributed by atoms with Gasteiger partial charge in [0.1, 0.15) is 17.3 Å². The van der Waals surface area contributed by atoms with Crippen LogP contribution in [0.25, 0.3) is 11.4 Å². The first kappa shape index (κ1) is 35.9. The number of carbonyl (C=O) groups is 2. The summed E-state index contributed by atoms with van der Waals surface area (Å²) in [6.07, 6.45) is 8.60. The standard InChI is InChI=1S/C41H49N9O4/c1-5-37(52)45-32-21-28(6-7-33(32)48-15-14-47(24-26(48)2)29-10-18-54-19-11-29)44-36-9-13-42-38(46-36)30-8-12-43-39(31(30)25-51)50-17-16-49-34(40(50)53)20-27-22-41(3,4)23-35(27)49/h5-9,12-13,20-21,26,29,51H,1,10-11,14-19,22-25H2,2-4H3,(H,45,52)(H,42,44,46)/t26-/m0/s1. The van der Waals surface area contributed by atoms with Crippen molar-refractivity contribution in [3.63, 3.8) is 0 Å². The number of pyridine rings is 1. The van der Waals surface area contributed by atoms with E-state index in [1.54, 1.807) is 29.4 Å². The number of ether oxygens (including phenoxy) is 1. The number of nitrogens with zero attached hydrogens (tertiary/aromatic N) is 7. The molecule has 0 saturated carbocycles. The van der Waals surface area contributed by atoms with Crippen molar-refractivity contribution in [1.29, 1.82) is 0 Å². The molecular weight excluding hydrogens is 683 g/mol. The maximum Gasteiger partial charge on any atom is 0.276 e. The van der Waals surface area contributed by atoms with E-state index in [-0.39, 0.29) is 29.9 Å². The zero-order chi connectivity index (χ0) is 37.6. The van der Waals surface area contributed by atoms with E-state index in [1.165, 1.54) is 17.3 Å². The number of piperazine rings is 1. The molecule has 4 aromatic rings. The Balaban J connectivity index is 1.03. The predicted octanol–water partition coefficient (Wildman–Crippen LogP) is 5.18. The van der Waals surface area contributed by atoms with E-state index < -0.39 is 0 Å². The first-order chi connectivity index (χ1) is 26.1. The summed E-state index contributed by atoms with van der Waals surface area (Å²) < 4.78 is 7.76. The number of hydrogen-bond donors (Lipinski definition) is 3. The normalized spacial score (nSPS) is 20.1. The molecule has 2 saturated heterocycles. The maximum atomic E-state index is 13.9. The minimum Gasteiger partial charge on any atom is -0.392 e. The molecule has 0 spiro atoms. The summed E-state index contributed by atoms with van der Waals surface area (Å²) in [5.74, 6) is 0.914. The largest absolute Gasteiger partial charge is 0.392 e. The van der Waals surface area contributed by atoms with E-state index in [1.807, 2.05) is 24.3 Å². The van der Waals surface area contributed by atoms with Gasteiger partial charge < -0.3 is 29.9 Å². The molecule has 0 unspecified atom stereocenters. The van der Waals surface area contributed by atoms with Crippen LogP contribution in [0.2, 0.25) is 0 Å². The van der Waals surface area contributed by atoms with Crippen LogP contribution in [-0.2, 0) is 35.5 Å². The molecule has 3 aliphatic heterocycles. The summed E-state index contributed by atoms with van der Waals surface area (Å²) in [6.45, 7) is 15.6. The molecule has 13 nitrogen and oxygen atoms in total. The molecule has 0 bridgehead atoms. The Bertz CT molecular complexity index is 2090. The van der Waals surface area contributed by atoms with Crippen molar-refractivity contribution in [2.45, 2.75) is 71.7 Å². The minimum absolute atomic E-state index is 0.123. The Morgan fingerprint density at radius 2 is 1.87 bits per heavy atom. The van der Waals surface area contributed by atoms with Gasteiger partial charge in [0, 0.05) is 92.9 Å². The summed E-state index contributed by atoms with van der Waals surface area (Å²) in [5, 5.41) is 17.1. The fourth-order valence-corrected chi connectivity index (χ4v) is 8.77. The third-order valence-electron chi connectivity index (χ3n) is 11.4. The highest BCUT2D eigenvalue weighted by Gasteiger charge is 2.38. The Morgan fingerprint density at radius 3 is 2.65 bits per heavy atom. The van der Waals surface area contributed by atoms with Gasteiger partial charge in [0.25, 0.3) is 5.91 Å². The molecule has 3 aromatic heterocycles. The van der Waals surface area contributed by atoms with Crippen LogP contribution in [0.15, 0.2) is 61.4 Å². The number of aliphatic hydroxyl groups is 1. The Morgan fingerprint density at radius 1 is 1.06 bits per heavy atom. The number of anilines is 5. The van der Waals surface area contributed by atoms with Gasteiger partial charge in [-0.15, -0.1) is 0 Å². The quantitative estimate of drug-likeness (QED) is 0.198. The molecule has 1 aliphatic carbocycles. The van der Waals surface area contributed by atoms with E-state index in [9.17, 15) is 14.7 Å². The van der Waals surface area contributed by atoms with Crippen molar-refractivity contribution >= 4 is 40.5 Å². The molecule has 282 valence electrons. The number of fused-ring (bicyclic) bond motifs is 3. The highest BCUT2D eigenvalue weighted by molar-refractivity contribution is 6.06. The third kappa shape index (κ3) is 6.87. The van der Waals surface area contributed by atoms with Crippen molar-refractivity contribution in [3.8, 4) is 11.4 Å². The smallest absolute Gasteiger partial charge is 0.276 e. The second-order valence-electron chi connectivity index (χ2n) is 15.6. The molecule has 1 atom stereocenters.